The van der Waals surface area contributed by atoms with Crippen molar-refractivity contribution in [3.05, 3.63) is 35.7 Å². The average molecular weight is 380 g/mol. The number of rotatable bonds is 15. The molecule has 0 fully saturated rings. The second-order valence-corrected chi connectivity index (χ2v) is 5.91. The van der Waals surface area contributed by atoms with Gasteiger partial charge >= 0.3 is 0 Å². The molecule has 0 atom stereocenters. The number of hydrogen-bond acceptors (Lipinski definition) is 7. The van der Waals surface area contributed by atoms with Gasteiger partial charge in [0.05, 0.1) is 65.4 Å². The molecule has 9 heteroatoms. The van der Waals surface area contributed by atoms with Crippen LogP contribution in [-0.2, 0) is 32.2 Å². The van der Waals surface area contributed by atoms with Gasteiger partial charge in [-0.2, -0.15) is 0 Å². The highest BCUT2D eigenvalue weighted by atomic mass is 16.5. The van der Waals surface area contributed by atoms with Crippen molar-refractivity contribution in [1.29, 1.82) is 0 Å². The van der Waals surface area contributed by atoms with E-state index in [0.717, 1.165) is 12.0 Å². The first-order valence-electron chi connectivity index (χ1n) is 9.13. The fourth-order valence-corrected chi connectivity index (χ4v) is 2.37. The number of allylic oxidation sites excluding steroid dienone is 3. The standard InChI is InChI=1S/C18H28N4O5/c23-15-17-14-22(21-20-17)6-8-26-10-12-27-11-9-25-7-5-19-18(24)13-16-3-1-2-4-16/h1,3-4,14,23H,2,5-13,15H2,(H,19,24). The fraction of sp³-hybridized carbons (Fsp3) is 0.611. The molecule has 0 unspecified atom stereocenters. The summed E-state index contributed by atoms with van der Waals surface area (Å²) >= 11 is 0. The zero-order valence-corrected chi connectivity index (χ0v) is 15.5. The third-order valence-corrected chi connectivity index (χ3v) is 3.74. The van der Waals surface area contributed by atoms with Crippen LogP contribution < -0.4 is 5.32 Å². The van der Waals surface area contributed by atoms with E-state index in [4.69, 9.17) is 19.3 Å². The molecule has 2 N–H and O–H groups in total. The van der Waals surface area contributed by atoms with E-state index in [1.807, 2.05) is 12.2 Å². The first-order valence-corrected chi connectivity index (χ1v) is 9.13. The van der Waals surface area contributed by atoms with Crippen LogP contribution in [0.15, 0.2) is 30.0 Å². The van der Waals surface area contributed by atoms with Crippen molar-refractivity contribution in [3.63, 3.8) is 0 Å². The molecule has 0 radical (unpaired) electrons. The number of ether oxygens (including phenoxy) is 3. The van der Waals surface area contributed by atoms with Crippen LogP contribution >= 0.6 is 0 Å². The molecule has 1 aliphatic carbocycles. The Morgan fingerprint density at radius 2 is 1.89 bits per heavy atom. The predicted octanol–water partition coefficient (Wildman–Crippen LogP) is 0.213. The van der Waals surface area contributed by atoms with Crippen molar-refractivity contribution >= 4 is 5.91 Å². The van der Waals surface area contributed by atoms with E-state index in [-0.39, 0.29) is 12.5 Å². The Bertz CT molecular complexity index is 615. The first kappa shape index (κ1) is 21.2. The van der Waals surface area contributed by atoms with Crippen LogP contribution in [0.3, 0.4) is 0 Å². The lowest BCUT2D eigenvalue weighted by Gasteiger charge is -2.08. The number of nitrogens with zero attached hydrogens (tertiary/aromatic N) is 3. The van der Waals surface area contributed by atoms with Crippen molar-refractivity contribution in [1.82, 2.24) is 20.3 Å². The van der Waals surface area contributed by atoms with Gasteiger partial charge in [-0.15, -0.1) is 5.10 Å². The van der Waals surface area contributed by atoms with Gasteiger partial charge in [-0.3, -0.25) is 4.79 Å². The van der Waals surface area contributed by atoms with Gasteiger partial charge in [0.2, 0.25) is 5.91 Å². The topological polar surface area (TPSA) is 108 Å². The molecule has 0 saturated heterocycles. The van der Waals surface area contributed by atoms with E-state index in [1.165, 1.54) is 0 Å². The van der Waals surface area contributed by atoms with Crippen molar-refractivity contribution < 1.29 is 24.1 Å². The molecule has 0 aromatic carbocycles. The number of nitrogens with one attached hydrogen (secondary N) is 1. The Morgan fingerprint density at radius 3 is 2.56 bits per heavy atom. The lowest BCUT2D eigenvalue weighted by Crippen LogP contribution is -2.27. The summed E-state index contributed by atoms with van der Waals surface area (Å²) in [5, 5.41) is 19.4. The van der Waals surface area contributed by atoms with Gasteiger partial charge in [0, 0.05) is 6.54 Å². The molecule has 150 valence electrons. The number of amides is 1. The van der Waals surface area contributed by atoms with Crippen LogP contribution in [0, 0.1) is 0 Å². The van der Waals surface area contributed by atoms with Crippen LogP contribution in [0.4, 0.5) is 0 Å². The summed E-state index contributed by atoms with van der Waals surface area (Å²) in [5.41, 5.74) is 1.61. The molecule has 1 aromatic rings. The van der Waals surface area contributed by atoms with Gasteiger partial charge in [-0.05, 0) is 12.0 Å². The monoisotopic (exact) mass is 380 g/mol. The Balaban J connectivity index is 1.31. The van der Waals surface area contributed by atoms with Crippen molar-refractivity contribution in [2.45, 2.75) is 26.0 Å². The molecule has 27 heavy (non-hydrogen) atoms. The molecule has 1 amide bonds. The van der Waals surface area contributed by atoms with Crippen LogP contribution in [-0.4, -0.2) is 72.2 Å². The Labute approximate surface area is 159 Å². The Kier molecular flexibility index (Phi) is 10.3. The molecule has 0 bridgehead atoms. The van der Waals surface area contributed by atoms with E-state index >= 15 is 0 Å². The van der Waals surface area contributed by atoms with Gasteiger partial charge in [0.25, 0.3) is 0 Å². The molecule has 2 rings (SSSR count). The second-order valence-electron chi connectivity index (χ2n) is 5.91. The first-order chi connectivity index (χ1) is 13.3. The second kappa shape index (κ2) is 13.2. The highest BCUT2D eigenvalue weighted by molar-refractivity contribution is 5.79. The summed E-state index contributed by atoms with van der Waals surface area (Å²) in [7, 11) is 0. The highest BCUT2D eigenvalue weighted by Crippen LogP contribution is 2.11. The molecule has 1 aliphatic rings. The molecule has 0 aliphatic heterocycles. The predicted molar refractivity (Wildman–Crippen MR) is 97.9 cm³/mol. The maximum Gasteiger partial charge on any atom is 0.224 e. The fourth-order valence-electron chi connectivity index (χ4n) is 2.37. The van der Waals surface area contributed by atoms with E-state index in [9.17, 15) is 4.79 Å². The zero-order chi connectivity index (χ0) is 19.2. The quantitative estimate of drug-likeness (QED) is 0.419. The zero-order valence-electron chi connectivity index (χ0n) is 15.5. The SMILES string of the molecule is O=C(CC1=CCC=C1)NCCOCCOCCOCCn1cc(CO)nn1. The summed E-state index contributed by atoms with van der Waals surface area (Å²) in [6.45, 7) is 3.87. The maximum atomic E-state index is 11.7. The minimum absolute atomic E-state index is 0.0169. The maximum absolute atomic E-state index is 11.7. The summed E-state index contributed by atoms with van der Waals surface area (Å²) in [6, 6.07) is 0. The number of aromatic nitrogens is 3. The van der Waals surface area contributed by atoms with Gasteiger partial charge in [-0.25, -0.2) is 4.68 Å². The van der Waals surface area contributed by atoms with Gasteiger partial charge in [0.15, 0.2) is 0 Å². The average Bonchev–Trinajstić information content (AvgIpc) is 3.34. The van der Waals surface area contributed by atoms with Gasteiger partial charge < -0.3 is 24.6 Å². The third-order valence-electron chi connectivity index (χ3n) is 3.74. The van der Waals surface area contributed by atoms with Gasteiger partial charge in [0.1, 0.15) is 5.69 Å². The van der Waals surface area contributed by atoms with E-state index < -0.39 is 0 Å². The molecule has 0 spiro atoms. The summed E-state index contributed by atoms with van der Waals surface area (Å²) in [5.74, 6) is 0.0169. The van der Waals surface area contributed by atoms with Crippen molar-refractivity contribution in [3.8, 4) is 0 Å². The highest BCUT2D eigenvalue weighted by Gasteiger charge is 2.05. The normalized spacial score (nSPS) is 13.1. The minimum atomic E-state index is -0.112. The third kappa shape index (κ3) is 9.43. The van der Waals surface area contributed by atoms with Crippen LogP contribution in [0.5, 0.6) is 0 Å². The number of aliphatic hydroxyl groups is 1. The summed E-state index contributed by atoms with van der Waals surface area (Å²) < 4.78 is 17.9. The number of hydrogen-bond donors (Lipinski definition) is 2. The van der Waals surface area contributed by atoms with Crippen molar-refractivity contribution in [2.24, 2.45) is 0 Å². The van der Waals surface area contributed by atoms with Crippen LogP contribution in [0.25, 0.3) is 0 Å². The van der Waals surface area contributed by atoms with Crippen LogP contribution in [0.1, 0.15) is 18.5 Å². The van der Waals surface area contributed by atoms with E-state index in [1.54, 1.807) is 10.9 Å². The Morgan fingerprint density at radius 1 is 1.15 bits per heavy atom. The van der Waals surface area contributed by atoms with Gasteiger partial charge in [-0.1, -0.05) is 23.4 Å². The minimum Gasteiger partial charge on any atom is -0.390 e. The van der Waals surface area contributed by atoms with E-state index in [0.29, 0.717) is 64.8 Å². The number of carbonyl (C=O) groups is 1. The smallest absolute Gasteiger partial charge is 0.224 e. The largest absolute Gasteiger partial charge is 0.390 e. The molecule has 1 aromatic heterocycles. The lowest BCUT2D eigenvalue weighted by molar-refractivity contribution is -0.120. The molecule has 9 nitrogen and oxygen atoms in total. The molecular formula is C18H28N4O5. The lowest BCUT2D eigenvalue weighted by atomic mass is 10.2. The van der Waals surface area contributed by atoms with Crippen LogP contribution in [0.2, 0.25) is 0 Å². The summed E-state index contributed by atoms with van der Waals surface area (Å²) in [4.78, 5) is 11.7. The Hall–Kier alpha value is -2.07. The molecule has 0 saturated carbocycles. The number of aliphatic hydroxyl groups excluding tert-OH is 1. The summed E-state index contributed by atoms with van der Waals surface area (Å²) in [6.07, 6.45) is 9.12. The molecule has 1 heterocycles. The van der Waals surface area contributed by atoms with E-state index in [2.05, 4.69) is 21.7 Å². The number of carbonyl (C=O) groups excluding carboxylic acids is 1. The van der Waals surface area contributed by atoms with Crippen molar-refractivity contribution in [2.75, 3.05) is 46.2 Å². The molecular weight excluding hydrogens is 352 g/mol.